The standard InChI is InChI=1S/C20H26N2O4S/c1-5-26-18-10-12-19(13-11-18)27(24,25)22(4)14-20(23)21-17-8-6-16(7-9-17)15(2)3/h6-13,15H,5,14H2,1-4H3,(H,21,23). The van der Waals surface area contributed by atoms with Crippen LogP contribution in [0.15, 0.2) is 53.4 Å². The number of nitrogens with one attached hydrogen (secondary N) is 1. The summed E-state index contributed by atoms with van der Waals surface area (Å²) in [6, 6.07) is 13.7. The number of nitrogens with zero attached hydrogens (tertiary/aromatic N) is 1. The average Bonchev–Trinajstić information content (AvgIpc) is 2.62. The molecule has 0 unspecified atom stereocenters. The Morgan fingerprint density at radius 2 is 1.67 bits per heavy atom. The van der Waals surface area contributed by atoms with E-state index in [1.165, 1.54) is 24.7 Å². The second kappa shape index (κ2) is 9.01. The predicted octanol–water partition coefficient (Wildman–Crippen LogP) is 3.47. The van der Waals surface area contributed by atoms with Crippen molar-refractivity contribution in [1.29, 1.82) is 0 Å². The van der Waals surface area contributed by atoms with Crippen LogP contribution >= 0.6 is 0 Å². The molecule has 0 saturated heterocycles. The number of hydrogen-bond acceptors (Lipinski definition) is 4. The molecule has 2 aromatic rings. The first-order valence-corrected chi connectivity index (χ1v) is 10.3. The molecule has 0 radical (unpaired) electrons. The molecule has 0 heterocycles. The van der Waals surface area contributed by atoms with Gasteiger partial charge < -0.3 is 10.1 Å². The highest BCUT2D eigenvalue weighted by molar-refractivity contribution is 7.89. The fourth-order valence-electron chi connectivity index (χ4n) is 2.49. The number of anilines is 1. The largest absolute Gasteiger partial charge is 0.494 e. The number of ether oxygens (including phenoxy) is 1. The summed E-state index contributed by atoms with van der Waals surface area (Å²) in [7, 11) is -2.38. The molecule has 1 amide bonds. The number of rotatable bonds is 8. The van der Waals surface area contributed by atoms with Crippen LogP contribution in [-0.4, -0.2) is 38.8 Å². The summed E-state index contributed by atoms with van der Waals surface area (Å²) in [4.78, 5) is 12.3. The summed E-state index contributed by atoms with van der Waals surface area (Å²) in [5.41, 5.74) is 1.81. The lowest BCUT2D eigenvalue weighted by Gasteiger charge is -2.17. The zero-order chi connectivity index (χ0) is 20.0. The molecule has 0 aliphatic heterocycles. The monoisotopic (exact) mass is 390 g/mol. The third-order valence-corrected chi connectivity index (χ3v) is 5.89. The first-order valence-electron chi connectivity index (χ1n) is 8.83. The molecule has 0 spiro atoms. The maximum absolute atomic E-state index is 12.6. The number of carbonyl (C=O) groups excluding carboxylic acids is 1. The molecule has 2 rings (SSSR count). The topological polar surface area (TPSA) is 75.7 Å². The number of amides is 1. The Morgan fingerprint density at radius 3 is 2.19 bits per heavy atom. The predicted molar refractivity (Wildman–Crippen MR) is 107 cm³/mol. The minimum Gasteiger partial charge on any atom is -0.494 e. The smallest absolute Gasteiger partial charge is 0.243 e. The summed E-state index contributed by atoms with van der Waals surface area (Å²) in [5.74, 6) is 0.603. The summed E-state index contributed by atoms with van der Waals surface area (Å²) in [6.45, 7) is 6.27. The second-order valence-electron chi connectivity index (χ2n) is 6.49. The lowest BCUT2D eigenvalue weighted by molar-refractivity contribution is -0.116. The Hall–Kier alpha value is -2.38. The number of likely N-dealkylation sites (N-methyl/N-ethyl adjacent to an activating group) is 1. The van der Waals surface area contributed by atoms with Crippen molar-refractivity contribution in [3.8, 4) is 5.75 Å². The molecule has 0 aromatic heterocycles. The number of sulfonamides is 1. The zero-order valence-electron chi connectivity index (χ0n) is 16.1. The van der Waals surface area contributed by atoms with Gasteiger partial charge in [0, 0.05) is 12.7 Å². The Kier molecular flexibility index (Phi) is 6.98. The number of hydrogen-bond donors (Lipinski definition) is 1. The minimum absolute atomic E-state index is 0.113. The van der Waals surface area contributed by atoms with Crippen LogP contribution in [0.3, 0.4) is 0 Å². The van der Waals surface area contributed by atoms with Crippen LogP contribution in [0.2, 0.25) is 0 Å². The van der Waals surface area contributed by atoms with Crippen molar-refractivity contribution in [2.24, 2.45) is 0 Å². The molecule has 1 N–H and O–H groups in total. The van der Waals surface area contributed by atoms with Crippen LogP contribution < -0.4 is 10.1 Å². The van der Waals surface area contributed by atoms with Gasteiger partial charge in [-0.3, -0.25) is 4.79 Å². The lowest BCUT2D eigenvalue weighted by atomic mass is 10.0. The van der Waals surface area contributed by atoms with Crippen molar-refractivity contribution in [2.75, 3.05) is 25.5 Å². The van der Waals surface area contributed by atoms with Gasteiger partial charge in [0.1, 0.15) is 5.75 Å². The highest BCUT2D eigenvalue weighted by atomic mass is 32.2. The number of carbonyl (C=O) groups is 1. The fourth-order valence-corrected chi connectivity index (χ4v) is 3.62. The van der Waals surface area contributed by atoms with E-state index in [9.17, 15) is 13.2 Å². The molecule has 2 aromatic carbocycles. The molecule has 0 saturated carbocycles. The van der Waals surface area contributed by atoms with Crippen molar-refractivity contribution >= 4 is 21.6 Å². The quantitative estimate of drug-likeness (QED) is 0.749. The molecule has 0 fully saturated rings. The van der Waals surface area contributed by atoms with E-state index in [4.69, 9.17) is 4.74 Å². The molecular formula is C20H26N2O4S. The molecule has 27 heavy (non-hydrogen) atoms. The van der Waals surface area contributed by atoms with Gasteiger partial charge in [0.25, 0.3) is 0 Å². The molecule has 0 aliphatic carbocycles. The van der Waals surface area contributed by atoms with E-state index in [1.54, 1.807) is 12.1 Å². The zero-order valence-corrected chi connectivity index (χ0v) is 16.9. The summed E-state index contributed by atoms with van der Waals surface area (Å²) in [5, 5.41) is 2.72. The van der Waals surface area contributed by atoms with Crippen molar-refractivity contribution in [1.82, 2.24) is 4.31 Å². The molecule has 146 valence electrons. The Labute approximate surface area is 161 Å². The van der Waals surface area contributed by atoms with Crippen molar-refractivity contribution in [2.45, 2.75) is 31.6 Å². The fraction of sp³-hybridized carbons (Fsp3) is 0.350. The van der Waals surface area contributed by atoms with Crippen LogP contribution in [0.25, 0.3) is 0 Å². The second-order valence-corrected chi connectivity index (χ2v) is 8.54. The van der Waals surface area contributed by atoms with Crippen LogP contribution in [-0.2, 0) is 14.8 Å². The van der Waals surface area contributed by atoms with E-state index in [0.717, 1.165) is 4.31 Å². The minimum atomic E-state index is -3.76. The van der Waals surface area contributed by atoms with Crippen LogP contribution in [0, 0.1) is 0 Å². The Balaban J connectivity index is 2.01. The van der Waals surface area contributed by atoms with Gasteiger partial charge in [-0.2, -0.15) is 4.31 Å². The van der Waals surface area contributed by atoms with E-state index in [2.05, 4.69) is 19.2 Å². The van der Waals surface area contributed by atoms with Gasteiger partial charge in [0.15, 0.2) is 0 Å². The third kappa shape index (κ3) is 5.55. The van der Waals surface area contributed by atoms with Crippen molar-refractivity contribution in [3.05, 3.63) is 54.1 Å². The molecular weight excluding hydrogens is 364 g/mol. The first kappa shape index (κ1) is 20.9. The number of benzene rings is 2. The lowest BCUT2D eigenvalue weighted by Crippen LogP contribution is -2.34. The van der Waals surface area contributed by atoms with E-state index < -0.39 is 15.9 Å². The molecule has 6 nitrogen and oxygen atoms in total. The normalized spacial score (nSPS) is 11.6. The first-order chi connectivity index (χ1) is 12.7. The van der Waals surface area contributed by atoms with Crippen molar-refractivity contribution < 1.29 is 17.9 Å². The third-order valence-electron chi connectivity index (χ3n) is 4.07. The van der Waals surface area contributed by atoms with Crippen molar-refractivity contribution in [3.63, 3.8) is 0 Å². The van der Waals surface area contributed by atoms with Gasteiger partial charge in [-0.1, -0.05) is 26.0 Å². The van der Waals surface area contributed by atoms with Gasteiger partial charge in [-0.25, -0.2) is 8.42 Å². The van der Waals surface area contributed by atoms with Gasteiger partial charge in [-0.15, -0.1) is 0 Å². The van der Waals surface area contributed by atoms with E-state index >= 15 is 0 Å². The maximum atomic E-state index is 12.6. The van der Waals surface area contributed by atoms with Gasteiger partial charge in [0.2, 0.25) is 15.9 Å². The SMILES string of the molecule is CCOc1ccc(S(=O)(=O)N(C)CC(=O)Nc2ccc(C(C)C)cc2)cc1. The summed E-state index contributed by atoms with van der Waals surface area (Å²) < 4.78 is 31.6. The molecule has 7 heteroatoms. The van der Waals surface area contributed by atoms with Crippen LogP contribution in [0.1, 0.15) is 32.3 Å². The van der Waals surface area contributed by atoms with Crippen LogP contribution in [0.4, 0.5) is 5.69 Å². The van der Waals surface area contributed by atoms with E-state index in [1.807, 2.05) is 31.2 Å². The molecule has 0 aliphatic rings. The molecule has 0 bridgehead atoms. The van der Waals surface area contributed by atoms with Crippen LogP contribution in [0.5, 0.6) is 5.75 Å². The average molecular weight is 391 g/mol. The summed E-state index contributed by atoms with van der Waals surface area (Å²) >= 11 is 0. The molecule has 0 atom stereocenters. The maximum Gasteiger partial charge on any atom is 0.243 e. The highest BCUT2D eigenvalue weighted by Crippen LogP contribution is 2.20. The van der Waals surface area contributed by atoms with E-state index in [0.29, 0.717) is 24.0 Å². The Morgan fingerprint density at radius 1 is 1.07 bits per heavy atom. The summed E-state index contributed by atoms with van der Waals surface area (Å²) in [6.07, 6.45) is 0. The van der Waals surface area contributed by atoms with E-state index in [-0.39, 0.29) is 11.4 Å². The Bertz CT molecular complexity index is 860. The highest BCUT2D eigenvalue weighted by Gasteiger charge is 2.23. The van der Waals surface area contributed by atoms with Gasteiger partial charge in [-0.05, 0) is 54.8 Å². The van der Waals surface area contributed by atoms with Gasteiger partial charge >= 0.3 is 0 Å². The van der Waals surface area contributed by atoms with Gasteiger partial charge in [0.05, 0.1) is 18.0 Å².